The van der Waals surface area contributed by atoms with E-state index in [4.69, 9.17) is 0 Å². The van der Waals surface area contributed by atoms with Crippen molar-refractivity contribution in [1.29, 1.82) is 0 Å². The van der Waals surface area contributed by atoms with Crippen molar-refractivity contribution < 1.29 is 4.79 Å². The number of carbonyl (C=O) groups excluding carboxylic acids is 1. The van der Waals surface area contributed by atoms with Gasteiger partial charge in [-0.1, -0.05) is 37.5 Å². The summed E-state index contributed by atoms with van der Waals surface area (Å²) >= 11 is 0. The molecule has 1 atom stereocenters. The van der Waals surface area contributed by atoms with Crippen LogP contribution in [-0.2, 0) is 0 Å². The van der Waals surface area contributed by atoms with E-state index in [1.54, 1.807) is 0 Å². The molecular weight excluding hydrogens is 212 g/mol. The van der Waals surface area contributed by atoms with E-state index in [1.807, 2.05) is 24.3 Å². The molecule has 1 saturated carbocycles. The molecule has 3 heteroatoms. The van der Waals surface area contributed by atoms with Gasteiger partial charge in [0.2, 0.25) is 0 Å². The molecule has 1 fully saturated rings. The van der Waals surface area contributed by atoms with Gasteiger partial charge in [-0.15, -0.1) is 5.11 Å². The third kappa shape index (κ3) is 1.90. The van der Waals surface area contributed by atoms with Gasteiger partial charge in [0.05, 0.1) is 6.04 Å². The first-order valence-corrected chi connectivity index (χ1v) is 6.40. The van der Waals surface area contributed by atoms with Crippen LogP contribution >= 0.6 is 0 Å². The lowest BCUT2D eigenvalue weighted by Crippen LogP contribution is -2.19. The number of fused-ring (bicyclic) bond motifs is 1. The summed E-state index contributed by atoms with van der Waals surface area (Å²) in [5.74, 6) is 0.384. The molecule has 1 amide bonds. The van der Waals surface area contributed by atoms with Crippen LogP contribution in [-0.4, -0.2) is 5.91 Å². The van der Waals surface area contributed by atoms with Crippen molar-refractivity contribution >= 4 is 5.91 Å². The molecule has 3 nitrogen and oxygen atoms in total. The zero-order chi connectivity index (χ0) is 11.7. The van der Waals surface area contributed by atoms with Crippen LogP contribution in [0.4, 0.5) is 0 Å². The molecule has 0 radical (unpaired) electrons. The van der Waals surface area contributed by atoms with Crippen LogP contribution in [0.2, 0.25) is 0 Å². The standard InChI is InChI=1S/C14H16N2O/c17-14-12-9-5-4-8-11(12)13(15-16-14)10-6-2-1-3-7-10/h4-5,8-10,13H,1-3,6-7H2. The molecule has 1 aromatic carbocycles. The summed E-state index contributed by atoms with van der Waals surface area (Å²) in [4.78, 5) is 11.7. The van der Waals surface area contributed by atoms with Gasteiger partial charge >= 0.3 is 0 Å². The molecule has 1 aromatic rings. The molecule has 0 spiro atoms. The molecule has 0 saturated heterocycles. The summed E-state index contributed by atoms with van der Waals surface area (Å²) in [7, 11) is 0. The number of nitrogens with zero attached hydrogens (tertiary/aromatic N) is 2. The molecule has 0 bridgehead atoms. The summed E-state index contributed by atoms with van der Waals surface area (Å²) < 4.78 is 0. The predicted octanol–water partition coefficient (Wildman–Crippen LogP) is 3.91. The SMILES string of the molecule is O=C1N=NC(C2CCCCC2)c2ccccc21. The number of rotatable bonds is 1. The average molecular weight is 228 g/mol. The van der Waals surface area contributed by atoms with E-state index in [0.29, 0.717) is 5.92 Å². The molecule has 1 unspecified atom stereocenters. The van der Waals surface area contributed by atoms with Gasteiger partial charge in [-0.3, -0.25) is 4.79 Å². The number of benzene rings is 1. The van der Waals surface area contributed by atoms with Gasteiger partial charge in [0.1, 0.15) is 0 Å². The van der Waals surface area contributed by atoms with Crippen LogP contribution in [0.25, 0.3) is 0 Å². The first kappa shape index (κ1) is 10.6. The Hall–Kier alpha value is -1.51. The van der Waals surface area contributed by atoms with Crippen molar-refractivity contribution in [2.75, 3.05) is 0 Å². The third-order valence-corrected chi connectivity index (χ3v) is 3.88. The third-order valence-electron chi connectivity index (χ3n) is 3.88. The first-order valence-electron chi connectivity index (χ1n) is 6.40. The highest BCUT2D eigenvalue weighted by molar-refractivity contribution is 5.96. The quantitative estimate of drug-likeness (QED) is 0.718. The highest BCUT2D eigenvalue weighted by Gasteiger charge is 2.30. The molecule has 88 valence electrons. The zero-order valence-corrected chi connectivity index (χ0v) is 9.80. The minimum atomic E-state index is -0.187. The number of azo groups is 1. The van der Waals surface area contributed by atoms with Crippen molar-refractivity contribution in [3.63, 3.8) is 0 Å². The van der Waals surface area contributed by atoms with Gasteiger partial charge in [-0.25, -0.2) is 0 Å². The number of hydrogen-bond donors (Lipinski definition) is 0. The number of carbonyl (C=O) groups is 1. The molecule has 0 N–H and O–H groups in total. The van der Waals surface area contributed by atoms with Crippen LogP contribution in [0.15, 0.2) is 34.5 Å². The Morgan fingerprint density at radius 2 is 1.82 bits per heavy atom. The Labute approximate surface area is 101 Å². The molecule has 1 heterocycles. The minimum Gasteiger partial charge on any atom is -0.265 e. The van der Waals surface area contributed by atoms with Crippen molar-refractivity contribution in [2.45, 2.75) is 38.1 Å². The van der Waals surface area contributed by atoms with E-state index in [-0.39, 0.29) is 11.9 Å². The largest absolute Gasteiger partial charge is 0.295 e. The predicted molar refractivity (Wildman–Crippen MR) is 64.9 cm³/mol. The van der Waals surface area contributed by atoms with Crippen molar-refractivity contribution in [3.8, 4) is 0 Å². The lowest BCUT2D eigenvalue weighted by atomic mass is 9.80. The van der Waals surface area contributed by atoms with Gasteiger partial charge in [0.15, 0.2) is 0 Å². The van der Waals surface area contributed by atoms with Crippen LogP contribution in [0.1, 0.15) is 54.1 Å². The van der Waals surface area contributed by atoms with Gasteiger partial charge in [0.25, 0.3) is 5.91 Å². The number of hydrogen-bond acceptors (Lipinski definition) is 2. The molecule has 1 aliphatic heterocycles. The fourth-order valence-corrected chi connectivity index (χ4v) is 2.98. The Bertz CT molecular complexity index is 461. The maximum absolute atomic E-state index is 11.7. The first-order chi connectivity index (χ1) is 8.36. The molecule has 2 aliphatic rings. The Morgan fingerprint density at radius 1 is 1.06 bits per heavy atom. The molecule has 1 aliphatic carbocycles. The van der Waals surface area contributed by atoms with Gasteiger partial charge in [0, 0.05) is 5.56 Å². The summed E-state index contributed by atoms with van der Waals surface area (Å²) in [5.41, 5.74) is 1.83. The second-order valence-corrected chi connectivity index (χ2v) is 4.95. The maximum Gasteiger partial charge on any atom is 0.295 e. The van der Waals surface area contributed by atoms with E-state index in [1.165, 1.54) is 32.1 Å². The molecular formula is C14H16N2O. The lowest BCUT2D eigenvalue weighted by Gasteiger charge is -2.29. The summed E-state index contributed by atoms with van der Waals surface area (Å²) in [6, 6.07) is 7.90. The van der Waals surface area contributed by atoms with E-state index < -0.39 is 0 Å². The zero-order valence-electron chi connectivity index (χ0n) is 9.80. The van der Waals surface area contributed by atoms with E-state index in [0.717, 1.165) is 11.1 Å². The fraction of sp³-hybridized carbons (Fsp3) is 0.500. The smallest absolute Gasteiger partial charge is 0.265 e. The van der Waals surface area contributed by atoms with Crippen molar-refractivity contribution in [2.24, 2.45) is 16.1 Å². The lowest BCUT2D eigenvalue weighted by molar-refractivity contribution is 0.0979. The highest BCUT2D eigenvalue weighted by Crippen LogP contribution is 2.40. The van der Waals surface area contributed by atoms with Gasteiger partial charge in [-0.05, 0) is 30.4 Å². The highest BCUT2D eigenvalue weighted by atomic mass is 16.1. The monoisotopic (exact) mass is 228 g/mol. The van der Waals surface area contributed by atoms with Crippen LogP contribution < -0.4 is 0 Å². The summed E-state index contributed by atoms with van der Waals surface area (Å²) in [6.45, 7) is 0. The Morgan fingerprint density at radius 3 is 2.65 bits per heavy atom. The van der Waals surface area contributed by atoms with Crippen LogP contribution in [0, 0.1) is 5.92 Å². The normalized spacial score (nSPS) is 24.7. The second kappa shape index (κ2) is 4.40. The Balaban J connectivity index is 1.95. The Kier molecular flexibility index (Phi) is 2.75. The van der Waals surface area contributed by atoms with E-state index in [2.05, 4.69) is 10.2 Å². The minimum absolute atomic E-state index is 0.115. The van der Waals surface area contributed by atoms with Crippen molar-refractivity contribution in [1.82, 2.24) is 0 Å². The second-order valence-electron chi connectivity index (χ2n) is 4.95. The maximum atomic E-state index is 11.7. The molecule has 3 rings (SSSR count). The van der Waals surface area contributed by atoms with Crippen LogP contribution in [0.5, 0.6) is 0 Å². The average Bonchev–Trinajstić information content (AvgIpc) is 2.41. The summed E-state index contributed by atoms with van der Waals surface area (Å²) in [6.07, 6.45) is 6.33. The molecule has 0 aromatic heterocycles. The topological polar surface area (TPSA) is 41.8 Å². The van der Waals surface area contributed by atoms with E-state index in [9.17, 15) is 4.79 Å². The summed E-state index contributed by atoms with van der Waals surface area (Å²) in [5, 5.41) is 8.06. The number of amides is 1. The molecule has 17 heavy (non-hydrogen) atoms. The van der Waals surface area contributed by atoms with Crippen molar-refractivity contribution in [3.05, 3.63) is 35.4 Å². The van der Waals surface area contributed by atoms with Gasteiger partial charge in [-0.2, -0.15) is 5.11 Å². The fourth-order valence-electron chi connectivity index (χ4n) is 2.98. The van der Waals surface area contributed by atoms with Crippen LogP contribution in [0.3, 0.4) is 0 Å². The van der Waals surface area contributed by atoms with E-state index >= 15 is 0 Å². The van der Waals surface area contributed by atoms with Gasteiger partial charge < -0.3 is 0 Å².